The molecule has 0 atom stereocenters. The van der Waals surface area contributed by atoms with Crippen LogP contribution in [-0.2, 0) is 0 Å². The second kappa shape index (κ2) is 7.07. The van der Waals surface area contributed by atoms with Crippen LogP contribution in [0.2, 0.25) is 0 Å². The summed E-state index contributed by atoms with van der Waals surface area (Å²) in [5.41, 5.74) is 13.4. The molecule has 4 N–H and O–H groups in total. The van der Waals surface area contributed by atoms with E-state index in [1.54, 1.807) is 0 Å². The van der Waals surface area contributed by atoms with Crippen LogP contribution in [0.3, 0.4) is 0 Å². The molecule has 0 unspecified atom stereocenters. The summed E-state index contributed by atoms with van der Waals surface area (Å²) in [7, 11) is 0. The highest BCUT2D eigenvalue weighted by atomic mass is 14.5. The lowest BCUT2D eigenvalue weighted by molar-refractivity contribution is 0.948. The van der Waals surface area contributed by atoms with Crippen LogP contribution >= 0.6 is 0 Å². The van der Waals surface area contributed by atoms with Gasteiger partial charge in [0.15, 0.2) is 0 Å². The molecular formula is C10H20N2. The van der Waals surface area contributed by atoms with Gasteiger partial charge in [-0.05, 0) is 26.7 Å². The van der Waals surface area contributed by atoms with E-state index in [0.717, 1.165) is 12.8 Å². The molecule has 70 valence electrons. The predicted octanol–water partition coefficient (Wildman–Crippen LogP) is 1.58. The maximum atomic E-state index is 5.44. The molecule has 0 aromatic carbocycles. The van der Waals surface area contributed by atoms with Crippen molar-refractivity contribution >= 4 is 0 Å². The van der Waals surface area contributed by atoms with Gasteiger partial charge in [-0.3, -0.25) is 0 Å². The zero-order chi connectivity index (χ0) is 9.40. The highest BCUT2D eigenvalue weighted by Gasteiger charge is 1.88. The van der Waals surface area contributed by atoms with Crippen LogP contribution in [0, 0.1) is 0 Å². The Kier molecular flexibility index (Phi) is 6.72. The lowest BCUT2D eigenvalue weighted by Crippen LogP contribution is -1.99. The molecule has 0 spiro atoms. The van der Waals surface area contributed by atoms with Crippen molar-refractivity contribution in [3.8, 4) is 0 Å². The standard InChI is InChI=1S/C10H20N2/c1-9(6-7-11)4-3-5-10(2)8-12/h5-6H,3-4,7-8,11-12H2,1-2H3/b9-6+,10-5+. The Morgan fingerprint density at radius 1 is 1.08 bits per heavy atom. The molecule has 2 heteroatoms. The third-order valence-electron chi connectivity index (χ3n) is 1.82. The van der Waals surface area contributed by atoms with E-state index in [9.17, 15) is 0 Å². The van der Waals surface area contributed by atoms with E-state index in [0.29, 0.717) is 13.1 Å². The summed E-state index contributed by atoms with van der Waals surface area (Å²) in [5, 5.41) is 0. The molecule has 0 saturated heterocycles. The Balaban J connectivity index is 3.62. The SMILES string of the molecule is C/C(=C\CC/C(C)=C/CN)CN. The van der Waals surface area contributed by atoms with Gasteiger partial charge in [-0.1, -0.05) is 23.3 Å². The van der Waals surface area contributed by atoms with Crippen LogP contribution in [0.15, 0.2) is 23.3 Å². The number of hydrogen-bond acceptors (Lipinski definition) is 2. The first-order chi connectivity index (χ1) is 5.70. The highest BCUT2D eigenvalue weighted by molar-refractivity contribution is 5.04. The Morgan fingerprint density at radius 2 is 1.75 bits per heavy atom. The molecule has 0 heterocycles. The van der Waals surface area contributed by atoms with Crippen LogP contribution in [0.4, 0.5) is 0 Å². The minimum absolute atomic E-state index is 0.644. The van der Waals surface area contributed by atoms with Gasteiger partial charge in [-0.15, -0.1) is 0 Å². The third-order valence-corrected chi connectivity index (χ3v) is 1.82. The molecule has 0 fully saturated rings. The number of nitrogens with two attached hydrogens (primary N) is 2. The van der Waals surface area contributed by atoms with Gasteiger partial charge in [0.25, 0.3) is 0 Å². The van der Waals surface area contributed by atoms with Gasteiger partial charge >= 0.3 is 0 Å². The number of hydrogen-bond donors (Lipinski definition) is 2. The Bertz CT molecular complexity index is 169. The molecule has 0 aromatic heterocycles. The average molecular weight is 168 g/mol. The topological polar surface area (TPSA) is 52.0 Å². The summed E-state index contributed by atoms with van der Waals surface area (Å²) >= 11 is 0. The van der Waals surface area contributed by atoms with E-state index in [-0.39, 0.29) is 0 Å². The first-order valence-electron chi connectivity index (χ1n) is 4.42. The van der Waals surface area contributed by atoms with Crippen molar-refractivity contribution in [2.45, 2.75) is 26.7 Å². The number of allylic oxidation sites excluding steroid dienone is 2. The molecule has 0 rings (SSSR count). The van der Waals surface area contributed by atoms with Crippen LogP contribution in [0.25, 0.3) is 0 Å². The summed E-state index contributed by atoms with van der Waals surface area (Å²) in [6.07, 6.45) is 6.42. The first kappa shape index (κ1) is 11.4. The van der Waals surface area contributed by atoms with Gasteiger partial charge in [0, 0.05) is 13.1 Å². The zero-order valence-electron chi connectivity index (χ0n) is 8.14. The molecule has 0 aromatic rings. The molecule has 0 amide bonds. The second-order valence-corrected chi connectivity index (χ2v) is 3.08. The van der Waals surface area contributed by atoms with Crippen LogP contribution in [-0.4, -0.2) is 13.1 Å². The monoisotopic (exact) mass is 168 g/mol. The zero-order valence-corrected chi connectivity index (χ0v) is 8.14. The quantitative estimate of drug-likeness (QED) is 0.612. The predicted molar refractivity (Wildman–Crippen MR) is 54.9 cm³/mol. The fourth-order valence-corrected chi connectivity index (χ4v) is 0.933. The lowest BCUT2D eigenvalue weighted by atomic mass is 10.1. The van der Waals surface area contributed by atoms with Crippen LogP contribution < -0.4 is 11.5 Å². The molecule has 0 radical (unpaired) electrons. The summed E-state index contributed by atoms with van der Waals surface area (Å²) in [6, 6.07) is 0. The molecule has 0 aliphatic heterocycles. The minimum Gasteiger partial charge on any atom is -0.327 e. The molecule has 0 saturated carbocycles. The van der Waals surface area contributed by atoms with Crippen LogP contribution in [0.1, 0.15) is 26.7 Å². The van der Waals surface area contributed by atoms with Crippen molar-refractivity contribution in [1.29, 1.82) is 0 Å². The average Bonchev–Trinajstić information content (AvgIpc) is 2.04. The summed E-state index contributed by atoms with van der Waals surface area (Å²) in [6.45, 7) is 5.48. The normalized spacial score (nSPS) is 13.7. The molecule has 0 aliphatic rings. The molecular weight excluding hydrogens is 148 g/mol. The summed E-state index contributed by atoms with van der Waals surface area (Å²) in [4.78, 5) is 0. The van der Waals surface area contributed by atoms with Crippen LogP contribution in [0.5, 0.6) is 0 Å². The Hall–Kier alpha value is -0.600. The maximum Gasteiger partial charge on any atom is 0.0134 e. The van der Waals surface area contributed by atoms with Crippen molar-refractivity contribution < 1.29 is 0 Å². The van der Waals surface area contributed by atoms with Gasteiger partial charge < -0.3 is 11.5 Å². The summed E-state index contributed by atoms with van der Waals surface area (Å²) in [5.74, 6) is 0. The van der Waals surface area contributed by atoms with Crippen molar-refractivity contribution in [2.24, 2.45) is 11.5 Å². The molecule has 0 aliphatic carbocycles. The van der Waals surface area contributed by atoms with E-state index >= 15 is 0 Å². The molecule has 12 heavy (non-hydrogen) atoms. The number of rotatable bonds is 5. The van der Waals surface area contributed by atoms with Gasteiger partial charge in [-0.2, -0.15) is 0 Å². The molecule has 2 nitrogen and oxygen atoms in total. The lowest BCUT2D eigenvalue weighted by Gasteiger charge is -1.98. The minimum atomic E-state index is 0.644. The molecule has 0 bridgehead atoms. The summed E-state index contributed by atoms with van der Waals surface area (Å²) < 4.78 is 0. The second-order valence-electron chi connectivity index (χ2n) is 3.08. The van der Waals surface area contributed by atoms with Gasteiger partial charge in [0.05, 0.1) is 0 Å². The van der Waals surface area contributed by atoms with E-state index in [2.05, 4.69) is 26.0 Å². The van der Waals surface area contributed by atoms with Crippen molar-refractivity contribution in [3.05, 3.63) is 23.3 Å². The maximum absolute atomic E-state index is 5.44. The van der Waals surface area contributed by atoms with E-state index in [1.165, 1.54) is 11.1 Å². The smallest absolute Gasteiger partial charge is 0.0134 e. The Labute approximate surface area is 75.3 Å². The van der Waals surface area contributed by atoms with Crippen molar-refractivity contribution in [1.82, 2.24) is 0 Å². The first-order valence-corrected chi connectivity index (χ1v) is 4.42. The van der Waals surface area contributed by atoms with E-state index in [4.69, 9.17) is 11.5 Å². The van der Waals surface area contributed by atoms with Crippen molar-refractivity contribution in [2.75, 3.05) is 13.1 Å². The van der Waals surface area contributed by atoms with Gasteiger partial charge in [0.1, 0.15) is 0 Å². The van der Waals surface area contributed by atoms with Gasteiger partial charge in [0.2, 0.25) is 0 Å². The largest absolute Gasteiger partial charge is 0.327 e. The van der Waals surface area contributed by atoms with Crippen molar-refractivity contribution in [3.63, 3.8) is 0 Å². The van der Waals surface area contributed by atoms with Gasteiger partial charge in [-0.25, -0.2) is 0 Å². The fourth-order valence-electron chi connectivity index (χ4n) is 0.933. The highest BCUT2D eigenvalue weighted by Crippen LogP contribution is 2.05. The van der Waals surface area contributed by atoms with E-state index in [1.807, 2.05) is 0 Å². The fraction of sp³-hybridized carbons (Fsp3) is 0.600. The Morgan fingerprint density at radius 3 is 2.25 bits per heavy atom. The van der Waals surface area contributed by atoms with E-state index < -0.39 is 0 Å². The third kappa shape index (κ3) is 6.13.